The zero-order chi connectivity index (χ0) is 29.2. The fourth-order valence-electron chi connectivity index (χ4n) is 5.71. The van der Waals surface area contributed by atoms with Crippen LogP contribution in [0.5, 0.6) is 11.5 Å². The Morgan fingerprint density at radius 3 is 1.60 bits per heavy atom. The summed E-state index contributed by atoms with van der Waals surface area (Å²) >= 11 is 0. The summed E-state index contributed by atoms with van der Waals surface area (Å²) in [4.78, 5) is 0. The number of allylic oxidation sites excluding steroid dienone is 2. The summed E-state index contributed by atoms with van der Waals surface area (Å²) in [6.07, 6.45) is -1.30. The van der Waals surface area contributed by atoms with Gasteiger partial charge in [-0.15, -0.1) is 13.2 Å². The first-order chi connectivity index (χ1) is 18.7. The van der Waals surface area contributed by atoms with E-state index in [4.69, 9.17) is 0 Å². The maximum absolute atomic E-state index is 14.7. The minimum Gasteiger partial charge on any atom is -0.432 e. The molecule has 2 nitrogen and oxygen atoms in total. The fraction of sp³-hybridized carbons (Fsp3) is 0.517. The van der Waals surface area contributed by atoms with Crippen molar-refractivity contribution < 1.29 is 49.0 Å². The van der Waals surface area contributed by atoms with E-state index >= 15 is 0 Å². The smallest absolute Gasteiger partial charge is 0.432 e. The monoisotopic (exact) mass is 580 g/mol. The topological polar surface area (TPSA) is 18.5 Å². The molecule has 2 saturated carbocycles. The number of hydrogen-bond donors (Lipinski definition) is 0. The Morgan fingerprint density at radius 1 is 0.650 bits per heavy atom. The summed E-state index contributed by atoms with van der Waals surface area (Å²) < 4.78 is 131. The van der Waals surface area contributed by atoms with E-state index in [1.54, 1.807) is 6.92 Å². The summed E-state index contributed by atoms with van der Waals surface area (Å²) in [6.45, 7) is 1.64. The third-order valence-electron chi connectivity index (χ3n) is 7.75. The van der Waals surface area contributed by atoms with E-state index in [9.17, 15) is 39.5 Å². The van der Waals surface area contributed by atoms with Crippen LogP contribution in [0.4, 0.5) is 39.5 Å². The van der Waals surface area contributed by atoms with Crippen LogP contribution in [0.3, 0.4) is 0 Å². The van der Waals surface area contributed by atoms with Gasteiger partial charge in [0.05, 0.1) is 5.92 Å². The van der Waals surface area contributed by atoms with E-state index in [0.29, 0.717) is 31.2 Å². The number of rotatable bonds is 7. The highest BCUT2D eigenvalue weighted by molar-refractivity contribution is 5.35. The number of alkyl halides is 5. The van der Waals surface area contributed by atoms with Crippen LogP contribution in [0.25, 0.3) is 0 Å². The maximum Gasteiger partial charge on any atom is 0.573 e. The third kappa shape index (κ3) is 7.46. The lowest BCUT2D eigenvalue weighted by Gasteiger charge is -2.33. The second-order valence-corrected chi connectivity index (χ2v) is 10.7. The SMILES string of the molecule is Cc1cc(F)c(C2CCC(/C=C/C3CCC(C(F)(F)Oc4cc(F)c(OC(F)(F)F)c(F)c4)CC3)CC2)c(F)c1. The average Bonchev–Trinajstić information content (AvgIpc) is 2.85. The van der Waals surface area contributed by atoms with Gasteiger partial charge in [0.25, 0.3) is 0 Å². The van der Waals surface area contributed by atoms with Crippen molar-refractivity contribution in [1.29, 1.82) is 0 Å². The van der Waals surface area contributed by atoms with Crippen LogP contribution in [0.2, 0.25) is 0 Å². The van der Waals surface area contributed by atoms with E-state index in [1.807, 2.05) is 12.2 Å². The molecule has 2 aromatic rings. The molecule has 0 unspecified atom stereocenters. The van der Waals surface area contributed by atoms with Crippen molar-refractivity contribution in [2.24, 2.45) is 17.8 Å². The normalized spacial score (nSPS) is 24.4. The van der Waals surface area contributed by atoms with Gasteiger partial charge in [0.2, 0.25) is 5.75 Å². The maximum atomic E-state index is 14.7. The molecule has 2 aliphatic carbocycles. The minimum atomic E-state index is -5.36. The van der Waals surface area contributed by atoms with E-state index in [0.717, 1.165) is 12.8 Å². The van der Waals surface area contributed by atoms with Crippen molar-refractivity contribution in [3.63, 3.8) is 0 Å². The molecule has 4 rings (SSSR count). The summed E-state index contributed by atoms with van der Waals surface area (Å²) in [7, 11) is 0. The molecule has 2 fully saturated rings. The molecule has 0 aliphatic heterocycles. The van der Waals surface area contributed by atoms with Crippen molar-refractivity contribution in [2.75, 3.05) is 0 Å². The lowest BCUT2D eigenvalue weighted by molar-refractivity contribution is -0.276. The zero-order valence-corrected chi connectivity index (χ0v) is 21.6. The van der Waals surface area contributed by atoms with Crippen LogP contribution in [0.15, 0.2) is 36.4 Å². The molecule has 0 bridgehead atoms. The molecule has 11 heteroatoms. The number of ether oxygens (including phenoxy) is 2. The lowest BCUT2D eigenvalue weighted by atomic mass is 9.77. The molecular weight excluding hydrogens is 551 g/mol. The van der Waals surface area contributed by atoms with Crippen molar-refractivity contribution in [1.82, 2.24) is 0 Å². The van der Waals surface area contributed by atoms with Gasteiger partial charge in [-0.1, -0.05) is 12.2 Å². The molecule has 0 N–H and O–H groups in total. The second-order valence-electron chi connectivity index (χ2n) is 10.7. The van der Waals surface area contributed by atoms with E-state index in [2.05, 4.69) is 9.47 Å². The Labute approximate surface area is 226 Å². The first-order valence-corrected chi connectivity index (χ1v) is 13.2. The Bertz CT molecular complexity index is 1160. The molecule has 2 aliphatic rings. The molecule has 40 heavy (non-hydrogen) atoms. The molecular formula is C29H29F9O2. The first-order valence-electron chi connectivity index (χ1n) is 13.2. The molecule has 0 saturated heterocycles. The number of benzene rings is 2. The molecule has 0 atom stereocenters. The first kappa shape index (κ1) is 30.1. The molecule has 2 aromatic carbocycles. The van der Waals surface area contributed by atoms with Gasteiger partial charge in [0.1, 0.15) is 17.4 Å². The van der Waals surface area contributed by atoms with Crippen LogP contribution in [-0.2, 0) is 0 Å². The molecule has 0 radical (unpaired) electrons. The Hall–Kier alpha value is -2.85. The van der Waals surface area contributed by atoms with Crippen LogP contribution >= 0.6 is 0 Å². The summed E-state index contributed by atoms with van der Waals surface area (Å²) in [5.74, 6) is -8.53. The predicted molar refractivity (Wildman–Crippen MR) is 129 cm³/mol. The zero-order valence-electron chi connectivity index (χ0n) is 21.6. The van der Waals surface area contributed by atoms with Gasteiger partial charge in [-0.3, -0.25) is 0 Å². The highest BCUT2D eigenvalue weighted by Crippen LogP contribution is 2.43. The van der Waals surface area contributed by atoms with Crippen LogP contribution < -0.4 is 9.47 Å². The fourth-order valence-corrected chi connectivity index (χ4v) is 5.71. The van der Waals surface area contributed by atoms with Crippen LogP contribution in [0, 0.1) is 47.9 Å². The Balaban J connectivity index is 1.27. The number of hydrogen-bond acceptors (Lipinski definition) is 2. The average molecular weight is 581 g/mol. The van der Waals surface area contributed by atoms with Gasteiger partial charge in [0.15, 0.2) is 11.6 Å². The van der Waals surface area contributed by atoms with Gasteiger partial charge in [-0.2, -0.15) is 8.78 Å². The van der Waals surface area contributed by atoms with Gasteiger partial charge in [0, 0.05) is 17.7 Å². The molecule has 220 valence electrons. The van der Waals surface area contributed by atoms with E-state index in [1.165, 1.54) is 12.1 Å². The predicted octanol–water partition coefficient (Wildman–Crippen LogP) is 9.76. The van der Waals surface area contributed by atoms with Crippen molar-refractivity contribution in [3.8, 4) is 11.5 Å². The lowest BCUT2D eigenvalue weighted by Crippen LogP contribution is -2.37. The molecule has 0 spiro atoms. The van der Waals surface area contributed by atoms with E-state index < -0.39 is 53.2 Å². The minimum absolute atomic E-state index is 0.0467. The summed E-state index contributed by atoms with van der Waals surface area (Å²) in [5, 5.41) is 0. The van der Waals surface area contributed by atoms with Gasteiger partial charge in [-0.25, -0.2) is 17.6 Å². The summed E-state index contributed by atoms with van der Waals surface area (Å²) in [5.41, 5.74) is 0.677. The Morgan fingerprint density at radius 2 is 1.12 bits per heavy atom. The third-order valence-corrected chi connectivity index (χ3v) is 7.75. The quantitative estimate of drug-likeness (QED) is 0.240. The number of halogens is 9. The van der Waals surface area contributed by atoms with Crippen LogP contribution in [0.1, 0.15) is 68.4 Å². The van der Waals surface area contributed by atoms with Crippen molar-refractivity contribution in [2.45, 2.75) is 76.7 Å². The second kappa shape index (κ2) is 11.9. The molecule has 0 heterocycles. The van der Waals surface area contributed by atoms with Gasteiger partial charge in [-0.05, 0) is 93.7 Å². The van der Waals surface area contributed by atoms with Crippen LogP contribution in [-0.4, -0.2) is 12.5 Å². The Kier molecular flexibility index (Phi) is 8.99. The van der Waals surface area contributed by atoms with Gasteiger partial charge < -0.3 is 9.47 Å². The highest BCUT2D eigenvalue weighted by atomic mass is 19.4. The summed E-state index contributed by atoms with van der Waals surface area (Å²) in [6, 6.07) is 3.13. The molecule has 0 amide bonds. The largest absolute Gasteiger partial charge is 0.573 e. The highest BCUT2D eigenvalue weighted by Gasteiger charge is 2.44. The van der Waals surface area contributed by atoms with Crippen molar-refractivity contribution >= 4 is 0 Å². The standard InChI is InChI=1S/C29H29F9O2/c1-16-12-22(30)26(23(31)13-16)19-8-4-17(5-9-19)2-3-18-6-10-20(11-7-18)28(34,35)39-21-14-24(32)27(25(33)15-21)40-29(36,37)38/h2-3,12-15,17-20H,4-11H2,1H3/b3-2+. The van der Waals surface area contributed by atoms with E-state index in [-0.39, 0.29) is 48.3 Å². The molecule has 0 aromatic heterocycles. The van der Waals surface area contributed by atoms with Gasteiger partial charge >= 0.3 is 12.5 Å². The number of aryl methyl sites for hydroxylation is 1. The van der Waals surface area contributed by atoms with Crippen molar-refractivity contribution in [3.05, 3.63) is 70.8 Å².